The van der Waals surface area contributed by atoms with Crippen molar-refractivity contribution in [2.45, 2.75) is 0 Å². The van der Waals surface area contributed by atoms with Crippen molar-refractivity contribution < 1.29 is 49.8 Å². The van der Waals surface area contributed by atoms with Crippen LogP contribution in [-0.2, 0) is 0 Å². The summed E-state index contributed by atoms with van der Waals surface area (Å²) in [7, 11) is 0. The smallest absolute Gasteiger partial charge is 0.234 e. The van der Waals surface area contributed by atoms with Crippen molar-refractivity contribution in [2.24, 2.45) is 0 Å². The third kappa shape index (κ3) is 4.73. The van der Waals surface area contributed by atoms with E-state index in [1.54, 1.807) is 0 Å². The molecule has 0 radical (unpaired) electrons. The zero-order valence-electron chi connectivity index (χ0n) is 19.2. The lowest BCUT2D eigenvalue weighted by Gasteiger charge is -2.15. The fraction of sp³-hybridized carbons (Fsp3) is 0. The van der Waals surface area contributed by atoms with E-state index in [9.17, 15) is 49.8 Å². The first-order valence-electron chi connectivity index (χ1n) is 10.9. The van der Waals surface area contributed by atoms with Gasteiger partial charge in [0.05, 0.1) is 0 Å². The van der Waals surface area contributed by atoms with Gasteiger partial charge in [0.15, 0.2) is 23.0 Å². The molecule has 0 unspecified atom stereocenters. The summed E-state index contributed by atoms with van der Waals surface area (Å²) in [5, 5.41) is 59.8. The molecule has 0 aliphatic rings. The van der Waals surface area contributed by atoms with E-state index >= 15 is 0 Å². The van der Waals surface area contributed by atoms with Crippen molar-refractivity contribution in [2.75, 3.05) is 0 Å². The van der Waals surface area contributed by atoms with Gasteiger partial charge in [-0.1, -0.05) is 24.3 Å². The molecule has 10 heteroatoms. The van der Waals surface area contributed by atoms with Crippen molar-refractivity contribution in [3.63, 3.8) is 0 Å². The standard InChI is InChI=1S/C28H18O10/c29-15-5-1-3-13(7-15)25(35)27(37)19-11-23(33)21(31)9-17(19)18-10-22(32)24(34)12-20(18)28(38)26(36)14-4-2-6-16(30)8-14/h1-12,29-34H. The van der Waals surface area contributed by atoms with Crippen molar-refractivity contribution in [3.8, 4) is 45.6 Å². The molecule has 0 spiro atoms. The van der Waals surface area contributed by atoms with E-state index in [2.05, 4.69) is 0 Å². The maximum Gasteiger partial charge on any atom is 0.234 e. The van der Waals surface area contributed by atoms with Gasteiger partial charge in [-0.15, -0.1) is 0 Å². The summed E-state index contributed by atoms with van der Waals surface area (Å²) in [6, 6.07) is 13.0. The zero-order chi connectivity index (χ0) is 27.7. The van der Waals surface area contributed by atoms with Crippen molar-refractivity contribution in [3.05, 3.63) is 95.1 Å². The summed E-state index contributed by atoms with van der Waals surface area (Å²) in [6.45, 7) is 0. The maximum absolute atomic E-state index is 13.2. The molecule has 4 aromatic carbocycles. The number of phenols is 6. The van der Waals surface area contributed by atoms with Gasteiger partial charge < -0.3 is 30.6 Å². The number of hydrogen-bond acceptors (Lipinski definition) is 10. The molecule has 0 atom stereocenters. The lowest BCUT2D eigenvalue weighted by atomic mass is 9.87. The number of benzene rings is 4. The third-order valence-corrected chi connectivity index (χ3v) is 5.64. The van der Waals surface area contributed by atoms with E-state index in [1.807, 2.05) is 0 Å². The monoisotopic (exact) mass is 514 g/mol. The van der Waals surface area contributed by atoms with Gasteiger partial charge in [0.25, 0.3) is 0 Å². The minimum absolute atomic E-state index is 0.197. The lowest BCUT2D eigenvalue weighted by Crippen LogP contribution is -2.18. The van der Waals surface area contributed by atoms with Crippen LogP contribution in [0.3, 0.4) is 0 Å². The Morgan fingerprint density at radius 3 is 1.11 bits per heavy atom. The van der Waals surface area contributed by atoms with Gasteiger partial charge in [-0.3, -0.25) is 19.2 Å². The minimum atomic E-state index is -1.22. The van der Waals surface area contributed by atoms with Gasteiger partial charge in [-0.2, -0.15) is 0 Å². The topological polar surface area (TPSA) is 190 Å². The second-order valence-electron chi connectivity index (χ2n) is 8.19. The predicted molar refractivity (Wildman–Crippen MR) is 132 cm³/mol. The molecule has 6 N–H and O–H groups in total. The second-order valence-corrected chi connectivity index (χ2v) is 8.19. The molecule has 0 aliphatic heterocycles. The molecule has 0 aliphatic carbocycles. The number of Topliss-reactive ketones (excluding diaryl/α,β-unsaturated/α-hetero) is 4. The Morgan fingerprint density at radius 2 is 0.763 bits per heavy atom. The van der Waals surface area contributed by atoms with Gasteiger partial charge in [0, 0.05) is 22.3 Å². The molecular formula is C28H18O10. The number of carbonyl (C=O) groups is 4. The number of aromatic hydroxyl groups is 6. The van der Waals surface area contributed by atoms with Gasteiger partial charge in [-0.05, 0) is 59.7 Å². The van der Waals surface area contributed by atoms with E-state index in [0.29, 0.717) is 0 Å². The zero-order valence-corrected chi connectivity index (χ0v) is 19.2. The summed E-state index contributed by atoms with van der Waals surface area (Å²) < 4.78 is 0. The summed E-state index contributed by atoms with van der Waals surface area (Å²) in [6.07, 6.45) is 0. The van der Waals surface area contributed by atoms with Crippen LogP contribution in [0.25, 0.3) is 11.1 Å². The molecule has 0 aromatic heterocycles. The molecule has 0 fully saturated rings. The molecule has 4 aromatic rings. The Hall–Kier alpha value is -5.64. The molecule has 0 saturated carbocycles. The average molecular weight is 514 g/mol. The van der Waals surface area contributed by atoms with Crippen molar-refractivity contribution >= 4 is 23.1 Å². The normalized spacial score (nSPS) is 10.6. The molecule has 190 valence electrons. The van der Waals surface area contributed by atoms with Crippen LogP contribution in [-0.4, -0.2) is 53.8 Å². The number of ketones is 4. The lowest BCUT2D eigenvalue weighted by molar-refractivity contribution is 0.0816. The number of rotatable bonds is 7. The van der Waals surface area contributed by atoms with Crippen LogP contribution in [0, 0.1) is 0 Å². The number of hydrogen-bond donors (Lipinski definition) is 6. The molecule has 38 heavy (non-hydrogen) atoms. The Labute approximate surface area is 213 Å². The molecule has 0 saturated heterocycles. The van der Waals surface area contributed by atoms with Crippen LogP contribution in [0.2, 0.25) is 0 Å². The molecular weight excluding hydrogens is 496 g/mol. The number of phenolic OH excluding ortho intramolecular Hbond substituents is 6. The highest BCUT2D eigenvalue weighted by atomic mass is 16.3. The van der Waals surface area contributed by atoms with Gasteiger partial charge >= 0.3 is 0 Å². The van der Waals surface area contributed by atoms with E-state index in [-0.39, 0.29) is 33.8 Å². The highest BCUT2D eigenvalue weighted by molar-refractivity contribution is 6.52. The summed E-state index contributed by atoms with van der Waals surface area (Å²) in [5.74, 6) is -8.33. The predicted octanol–water partition coefficient (Wildman–Crippen LogP) is 3.72. The first-order valence-corrected chi connectivity index (χ1v) is 10.9. The van der Waals surface area contributed by atoms with Crippen LogP contribution in [0.5, 0.6) is 34.5 Å². The van der Waals surface area contributed by atoms with Gasteiger partial charge in [0.2, 0.25) is 23.1 Å². The number of carbonyl (C=O) groups excluding carboxylic acids is 4. The van der Waals surface area contributed by atoms with Crippen molar-refractivity contribution in [1.82, 2.24) is 0 Å². The SMILES string of the molecule is O=C(C(=O)c1cc(O)c(O)cc1-c1cc(O)c(O)cc1C(=O)C(=O)c1cccc(O)c1)c1cccc(O)c1. The van der Waals surface area contributed by atoms with E-state index in [0.717, 1.165) is 36.4 Å². The maximum atomic E-state index is 13.2. The Morgan fingerprint density at radius 1 is 0.421 bits per heavy atom. The fourth-order valence-electron chi connectivity index (χ4n) is 3.78. The fourth-order valence-corrected chi connectivity index (χ4v) is 3.78. The molecule has 4 rings (SSSR count). The van der Waals surface area contributed by atoms with Crippen LogP contribution in [0.1, 0.15) is 41.4 Å². The quantitative estimate of drug-likeness (QED) is 0.120. The van der Waals surface area contributed by atoms with Gasteiger partial charge in [-0.25, -0.2) is 0 Å². The van der Waals surface area contributed by atoms with Crippen LogP contribution in [0.15, 0.2) is 72.8 Å². The highest BCUT2D eigenvalue weighted by Crippen LogP contribution is 2.40. The largest absolute Gasteiger partial charge is 0.508 e. The first-order chi connectivity index (χ1) is 18.0. The third-order valence-electron chi connectivity index (χ3n) is 5.64. The summed E-state index contributed by atoms with van der Waals surface area (Å²) in [4.78, 5) is 52.3. The summed E-state index contributed by atoms with van der Waals surface area (Å²) >= 11 is 0. The van der Waals surface area contributed by atoms with E-state index in [4.69, 9.17) is 0 Å². The minimum Gasteiger partial charge on any atom is -0.508 e. The van der Waals surface area contributed by atoms with Gasteiger partial charge in [0.1, 0.15) is 11.5 Å². The van der Waals surface area contributed by atoms with Crippen LogP contribution >= 0.6 is 0 Å². The van der Waals surface area contributed by atoms with Crippen molar-refractivity contribution in [1.29, 1.82) is 0 Å². The summed E-state index contributed by atoms with van der Waals surface area (Å²) in [5.41, 5.74) is -2.09. The Bertz CT molecular complexity index is 1530. The molecule has 0 heterocycles. The molecule has 0 bridgehead atoms. The second kappa shape index (κ2) is 9.78. The first kappa shape index (κ1) is 25.5. The molecule has 0 amide bonds. The van der Waals surface area contributed by atoms with E-state index < -0.39 is 57.3 Å². The van der Waals surface area contributed by atoms with Crippen LogP contribution in [0.4, 0.5) is 0 Å². The average Bonchev–Trinajstić information content (AvgIpc) is 2.89. The van der Waals surface area contributed by atoms with Crippen LogP contribution < -0.4 is 0 Å². The highest BCUT2D eigenvalue weighted by Gasteiger charge is 2.29. The Kier molecular flexibility index (Phi) is 6.55. The molecule has 10 nitrogen and oxygen atoms in total. The Balaban J connectivity index is 1.91. The van der Waals surface area contributed by atoms with E-state index in [1.165, 1.54) is 36.4 Å².